The van der Waals surface area contributed by atoms with E-state index in [1.807, 2.05) is 0 Å². The van der Waals surface area contributed by atoms with Gasteiger partial charge in [-0.1, -0.05) is 11.2 Å². The van der Waals surface area contributed by atoms with E-state index in [1.54, 1.807) is 0 Å². The first kappa shape index (κ1) is 9.20. The standard InChI is InChI=1S/C3H6N3O3P/c4-6-5-2-1-3-10(7,8)9/h1-2H,3H2,(H2,7,8,9). The SMILES string of the molecule is [N-]=[N+]=NC=CCP(=O)(O)O. The zero-order valence-corrected chi connectivity index (χ0v) is 5.85. The number of nitrogens with zero attached hydrogens (tertiary/aromatic N) is 3. The van der Waals surface area contributed by atoms with E-state index < -0.39 is 13.8 Å². The molecular weight excluding hydrogens is 157 g/mol. The van der Waals surface area contributed by atoms with Gasteiger partial charge in [-0.2, -0.15) is 0 Å². The Morgan fingerprint density at radius 3 is 2.70 bits per heavy atom. The monoisotopic (exact) mass is 163 g/mol. The van der Waals surface area contributed by atoms with Gasteiger partial charge in [0, 0.05) is 4.91 Å². The normalized spacial score (nSPS) is 11.4. The van der Waals surface area contributed by atoms with Crippen molar-refractivity contribution in [2.45, 2.75) is 0 Å². The Balaban J connectivity index is 3.75. The predicted molar refractivity (Wildman–Crippen MR) is 35.2 cm³/mol. The van der Waals surface area contributed by atoms with E-state index in [0.717, 1.165) is 12.3 Å². The fourth-order valence-electron chi connectivity index (χ4n) is 0.261. The fraction of sp³-hybridized carbons (Fsp3) is 0.333. The smallest absolute Gasteiger partial charge is 0.324 e. The lowest BCUT2D eigenvalue weighted by molar-refractivity contribution is 0.377. The zero-order valence-electron chi connectivity index (χ0n) is 4.95. The highest BCUT2D eigenvalue weighted by atomic mass is 31.2. The molecule has 0 aromatic heterocycles. The molecule has 10 heavy (non-hydrogen) atoms. The molecule has 0 atom stereocenters. The van der Waals surface area contributed by atoms with Crippen molar-refractivity contribution < 1.29 is 14.4 Å². The summed E-state index contributed by atoms with van der Waals surface area (Å²) >= 11 is 0. The Morgan fingerprint density at radius 1 is 1.70 bits per heavy atom. The topological polar surface area (TPSA) is 106 Å². The van der Waals surface area contributed by atoms with Gasteiger partial charge in [0.05, 0.1) is 6.16 Å². The molecule has 0 saturated heterocycles. The van der Waals surface area contributed by atoms with Crippen molar-refractivity contribution >= 4 is 7.60 Å². The van der Waals surface area contributed by atoms with Crippen LogP contribution in [0.2, 0.25) is 0 Å². The molecule has 0 saturated carbocycles. The van der Waals surface area contributed by atoms with Crippen LogP contribution in [0.1, 0.15) is 0 Å². The molecule has 0 aliphatic carbocycles. The van der Waals surface area contributed by atoms with Gasteiger partial charge in [-0.15, -0.1) is 0 Å². The van der Waals surface area contributed by atoms with Crippen LogP contribution in [-0.4, -0.2) is 15.9 Å². The molecule has 56 valence electrons. The average molecular weight is 163 g/mol. The summed E-state index contributed by atoms with van der Waals surface area (Å²) in [6, 6.07) is 0. The molecule has 0 aliphatic rings. The molecule has 0 amide bonds. The molecule has 0 unspecified atom stereocenters. The number of allylic oxidation sites excluding steroid dienone is 1. The summed E-state index contributed by atoms with van der Waals surface area (Å²) in [5, 5.41) is 2.93. The van der Waals surface area contributed by atoms with Gasteiger partial charge < -0.3 is 9.79 Å². The summed E-state index contributed by atoms with van der Waals surface area (Å²) < 4.78 is 10.1. The van der Waals surface area contributed by atoms with Crippen LogP contribution >= 0.6 is 7.60 Å². The van der Waals surface area contributed by atoms with E-state index in [9.17, 15) is 4.57 Å². The van der Waals surface area contributed by atoms with Gasteiger partial charge in [0.1, 0.15) is 0 Å². The first-order valence-corrected chi connectivity index (χ1v) is 4.10. The van der Waals surface area contributed by atoms with Gasteiger partial charge in [-0.3, -0.25) is 4.57 Å². The van der Waals surface area contributed by atoms with Gasteiger partial charge in [0.25, 0.3) is 0 Å². The lowest BCUT2D eigenvalue weighted by Gasteiger charge is -1.94. The lowest BCUT2D eigenvalue weighted by Crippen LogP contribution is -1.80. The molecule has 0 aliphatic heterocycles. The maximum absolute atomic E-state index is 10.1. The van der Waals surface area contributed by atoms with Crippen LogP contribution in [0.5, 0.6) is 0 Å². The Hall–Kier alpha value is -0.800. The van der Waals surface area contributed by atoms with E-state index in [-0.39, 0.29) is 0 Å². The molecule has 2 N–H and O–H groups in total. The molecular formula is C3H6N3O3P. The molecule has 0 heterocycles. The van der Waals surface area contributed by atoms with Crippen LogP contribution in [0.4, 0.5) is 0 Å². The molecule has 0 radical (unpaired) electrons. The number of hydrogen-bond acceptors (Lipinski definition) is 2. The Kier molecular flexibility index (Phi) is 3.76. The Morgan fingerprint density at radius 2 is 2.30 bits per heavy atom. The van der Waals surface area contributed by atoms with Crippen LogP contribution in [0.25, 0.3) is 10.4 Å². The first-order valence-electron chi connectivity index (χ1n) is 2.30. The van der Waals surface area contributed by atoms with Gasteiger partial charge in [0.15, 0.2) is 0 Å². The largest absolute Gasteiger partial charge is 0.329 e. The molecule has 0 aromatic carbocycles. The second-order valence-corrected chi connectivity index (χ2v) is 3.13. The molecule has 0 rings (SSSR count). The minimum atomic E-state index is -3.98. The number of azide groups is 1. The van der Waals surface area contributed by atoms with Crippen molar-refractivity contribution in [1.82, 2.24) is 0 Å². The number of rotatable bonds is 3. The highest BCUT2D eigenvalue weighted by molar-refractivity contribution is 7.51. The van der Waals surface area contributed by atoms with Crippen LogP contribution in [0.3, 0.4) is 0 Å². The van der Waals surface area contributed by atoms with Gasteiger partial charge >= 0.3 is 7.60 Å². The van der Waals surface area contributed by atoms with Gasteiger partial charge in [0.2, 0.25) is 0 Å². The third kappa shape index (κ3) is 7.20. The Labute approximate surface area is 57.0 Å². The lowest BCUT2D eigenvalue weighted by atomic mass is 10.7. The van der Waals surface area contributed by atoms with Crippen molar-refractivity contribution in [1.29, 1.82) is 0 Å². The van der Waals surface area contributed by atoms with Crippen molar-refractivity contribution in [3.05, 3.63) is 22.7 Å². The summed E-state index contributed by atoms with van der Waals surface area (Å²) in [4.78, 5) is 18.8. The van der Waals surface area contributed by atoms with Gasteiger partial charge in [-0.25, -0.2) is 0 Å². The van der Waals surface area contributed by atoms with Crippen LogP contribution < -0.4 is 0 Å². The van der Waals surface area contributed by atoms with E-state index in [1.165, 1.54) is 0 Å². The minimum Gasteiger partial charge on any atom is -0.324 e. The predicted octanol–water partition coefficient (Wildman–Crippen LogP) is 0.988. The zero-order chi connectivity index (χ0) is 8.04. The van der Waals surface area contributed by atoms with Crippen LogP contribution in [0.15, 0.2) is 17.4 Å². The third-order valence-corrected chi connectivity index (χ3v) is 1.25. The van der Waals surface area contributed by atoms with Crippen LogP contribution in [0, 0.1) is 0 Å². The van der Waals surface area contributed by atoms with Gasteiger partial charge in [-0.05, 0) is 11.7 Å². The van der Waals surface area contributed by atoms with E-state index in [0.29, 0.717) is 0 Å². The molecule has 0 aromatic rings. The first-order chi connectivity index (χ1) is 4.56. The average Bonchev–Trinajstić information content (AvgIpc) is 1.78. The second-order valence-electron chi connectivity index (χ2n) is 1.44. The fourth-order valence-corrected chi connectivity index (χ4v) is 0.630. The van der Waals surface area contributed by atoms with Crippen LogP contribution in [-0.2, 0) is 4.57 Å². The molecule has 0 fully saturated rings. The summed E-state index contributed by atoms with van der Waals surface area (Å²) in [6.07, 6.45) is 1.71. The van der Waals surface area contributed by atoms with Crippen molar-refractivity contribution in [2.75, 3.05) is 6.16 Å². The Bertz CT molecular complexity index is 213. The minimum absolute atomic E-state index is 0.397. The third-order valence-electron chi connectivity index (χ3n) is 0.567. The highest BCUT2D eigenvalue weighted by Crippen LogP contribution is 2.33. The second kappa shape index (κ2) is 4.09. The van der Waals surface area contributed by atoms with Crippen molar-refractivity contribution in [2.24, 2.45) is 5.11 Å². The maximum Gasteiger partial charge on any atom is 0.329 e. The summed E-state index contributed by atoms with van der Waals surface area (Å²) in [5.74, 6) is 0. The summed E-state index contributed by atoms with van der Waals surface area (Å²) in [5.41, 5.74) is 7.71. The van der Waals surface area contributed by atoms with E-state index in [2.05, 4.69) is 10.0 Å². The van der Waals surface area contributed by atoms with Crippen molar-refractivity contribution in [3.63, 3.8) is 0 Å². The summed E-state index contributed by atoms with van der Waals surface area (Å²) in [6.45, 7) is 0. The maximum atomic E-state index is 10.1. The van der Waals surface area contributed by atoms with E-state index in [4.69, 9.17) is 15.3 Å². The summed E-state index contributed by atoms with van der Waals surface area (Å²) in [7, 11) is -3.98. The molecule has 0 spiro atoms. The quantitative estimate of drug-likeness (QED) is 0.280. The number of hydrogen-bond donors (Lipinski definition) is 2. The molecule has 0 bridgehead atoms. The van der Waals surface area contributed by atoms with Crippen molar-refractivity contribution in [3.8, 4) is 0 Å². The molecule has 7 heteroatoms. The molecule has 6 nitrogen and oxygen atoms in total. The highest BCUT2D eigenvalue weighted by Gasteiger charge is 2.07. The van der Waals surface area contributed by atoms with E-state index >= 15 is 0 Å².